The molecule has 176 valence electrons. The molecule has 2 aliphatic rings. The normalized spacial score (nSPS) is 18.9. The molecule has 2 heterocycles. The van der Waals surface area contributed by atoms with E-state index in [1.807, 2.05) is 24.3 Å². The van der Waals surface area contributed by atoms with Crippen LogP contribution >= 0.6 is 11.6 Å². The average Bonchev–Trinajstić information content (AvgIpc) is 2.78. The number of fused-ring (bicyclic) bond motifs is 1. The molecule has 2 aromatic carbocycles. The summed E-state index contributed by atoms with van der Waals surface area (Å²) in [6, 6.07) is 10.4. The number of carbonyl (C=O) groups excluding carboxylic acids is 2. The van der Waals surface area contributed by atoms with Gasteiger partial charge >= 0.3 is 0 Å². The van der Waals surface area contributed by atoms with Gasteiger partial charge in [0.2, 0.25) is 15.9 Å². The number of ether oxygens (including phenoxy) is 1. The van der Waals surface area contributed by atoms with Gasteiger partial charge in [0, 0.05) is 24.8 Å². The highest BCUT2D eigenvalue weighted by Crippen LogP contribution is 2.37. The Morgan fingerprint density at radius 1 is 1.24 bits per heavy atom. The van der Waals surface area contributed by atoms with E-state index >= 15 is 0 Å². The van der Waals surface area contributed by atoms with Gasteiger partial charge in [-0.05, 0) is 42.5 Å². The first kappa shape index (κ1) is 23.5. The maximum atomic E-state index is 13.4. The number of piperidine rings is 1. The lowest BCUT2D eigenvalue weighted by molar-refractivity contribution is -0.121. The Hall–Kier alpha value is -2.62. The van der Waals surface area contributed by atoms with Gasteiger partial charge in [0.25, 0.3) is 5.91 Å². The quantitative estimate of drug-likeness (QED) is 0.661. The van der Waals surface area contributed by atoms with Crippen molar-refractivity contribution in [3.05, 3.63) is 47.0 Å². The van der Waals surface area contributed by atoms with Crippen LogP contribution in [0.15, 0.2) is 41.3 Å². The van der Waals surface area contributed by atoms with Crippen molar-refractivity contribution in [3.8, 4) is 5.75 Å². The second-order valence-electron chi connectivity index (χ2n) is 8.58. The predicted octanol–water partition coefficient (Wildman–Crippen LogP) is 3.83. The molecule has 1 unspecified atom stereocenters. The molecule has 0 aliphatic carbocycles. The van der Waals surface area contributed by atoms with Crippen molar-refractivity contribution < 1.29 is 22.7 Å². The number of nitrogens with zero attached hydrogens (tertiary/aromatic N) is 1. The number of carbonyl (C=O) groups is 2. The molecule has 1 atom stereocenters. The zero-order valence-corrected chi connectivity index (χ0v) is 20.0. The molecule has 0 aromatic heterocycles. The number of halogens is 1. The summed E-state index contributed by atoms with van der Waals surface area (Å²) >= 11 is 6.26. The van der Waals surface area contributed by atoms with Crippen LogP contribution in [0.4, 0.5) is 11.4 Å². The van der Waals surface area contributed by atoms with E-state index in [1.54, 1.807) is 0 Å². The van der Waals surface area contributed by atoms with Gasteiger partial charge in [0.05, 0.1) is 16.6 Å². The Bertz CT molecular complexity index is 1180. The number of nitrogens with one attached hydrogen (secondary N) is 2. The number of hydrogen-bond acceptors (Lipinski definition) is 5. The van der Waals surface area contributed by atoms with Crippen LogP contribution in [0.25, 0.3) is 0 Å². The molecule has 2 aromatic rings. The van der Waals surface area contributed by atoms with Gasteiger partial charge in [-0.25, -0.2) is 8.42 Å². The predicted molar refractivity (Wildman–Crippen MR) is 126 cm³/mol. The lowest BCUT2D eigenvalue weighted by Gasteiger charge is -2.31. The third-order valence-electron chi connectivity index (χ3n) is 5.88. The number of sulfonamides is 1. The van der Waals surface area contributed by atoms with Crippen molar-refractivity contribution in [1.82, 2.24) is 4.31 Å². The van der Waals surface area contributed by atoms with Crippen molar-refractivity contribution in [3.63, 3.8) is 0 Å². The monoisotopic (exact) mass is 491 g/mol. The maximum absolute atomic E-state index is 13.4. The summed E-state index contributed by atoms with van der Waals surface area (Å²) < 4.78 is 33.3. The minimum atomic E-state index is -3.97. The number of rotatable bonds is 5. The third-order valence-corrected chi connectivity index (χ3v) is 8.21. The van der Waals surface area contributed by atoms with Crippen LogP contribution in [-0.4, -0.2) is 44.2 Å². The van der Waals surface area contributed by atoms with E-state index in [9.17, 15) is 18.0 Å². The van der Waals surface area contributed by atoms with Crippen LogP contribution in [0.2, 0.25) is 5.02 Å². The van der Waals surface area contributed by atoms with Crippen LogP contribution in [0.3, 0.4) is 0 Å². The second kappa shape index (κ2) is 9.32. The molecule has 8 nitrogen and oxygen atoms in total. The van der Waals surface area contributed by atoms with Crippen LogP contribution in [-0.2, 0) is 19.6 Å². The molecular weight excluding hydrogens is 466 g/mol. The topological polar surface area (TPSA) is 105 Å². The van der Waals surface area contributed by atoms with E-state index < -0.39 is 15.9 Å². The zero-order valence-electron chi connectivity index (χ0n) is 18.4. The Kier molecular flexibility index (Phi) is 6.65. The highest BCUT2D eigenvalue weighted by Gasteiger charge is 2.35. The fraction of sp³-hybridized carbons (Fsp3) is 0.391. The SMILES string of the molecule is CC(C)c1ccc(NC(=O)C2CCCN(S(=O)(=O)c3cc4c(cc3Cl)NC(=O)CO4)C2)cc1. The van der Waals surface area contributed by atoms with E-state index in [0.29, 0.717) is 36.7 Å². The zero-order chi connectivity index (χ0) is 23.8. The lowest BCUT2D eigenvalue weighted by Crippen LogP contribution is -2.43. The average molecular weight is 492 g/mol. The van der Waals surface area contributed by atoms with Crippen LogP contribution in [0.5, 0.6) is 5.75 Å². The van der Waals surface area contributed by atoms with Crippen molar-refractivity contribution in [1.29, 1.82) is 0 Å². The smallest absolute Gasteiger partial charge is 0.262 e. The summed E-state index contributed by atoms with van der Waals surface area (Å²) in [5.41, 5.74) is 2.18. The Balaban J connectivity index is 1.49. The number of anilines is 2. The molecular formula is C23H26ClN3O5S. The van der Waals surface area contributed by atoms with Crippen molar-refractivity contribution in [2.24, 2.45) is 5.92 Å². The molecule has 2 aliphatic heterocycles. The van der Waals surface area contributed by atoms with E-state index in [-0.39, 0.29) is 40.6 Å². The van der Waals surface area contributed by atoms with Gasteiger partial charge in [-0.15, -0.1) is 0 Å². The van der Waals surface area contributed by atoms with Gasteiger partial charge in [0.1, 0.15) is 10.6 Å². The Morgan fingerprint density at radius 3 is 2.67 bits per heavy atom. The van der Waals surface area contributed by atoms with E-state index in [0.717, 1.165) is 0 Å². The molecule has 2 amide bonds. The fourth-order valence-corrected chi connectivity index (χ4v) is 6.03. The molecule has 4 rings (SSSR count). The molecule has 0 spiro atoms. The highest BCUT2D eigenvalue weighted by molar-refractivity contribution is 7.89. The van der Waals surface area contributed by atoms with Crippen molar-refractivity contribution in [2.75, 3.05) is 30.3 Å². The summed E-state index contributed by atoms with van der Waals surface area (Å²) in [7, 11) is -3.97. The summed E-state index contributed by atoms with van der Waals surface area (Å²) in [4.78, 5) is 24.3. The van der Waals surface area contributed by atoms with Gasteiger partial charge < -0.3 is 15.4 Å². The van der Waals surface area contributed by atoms with Gasteiger partial charge in [-0.2, -0.15) is 4.31 Å². The van der Waals surface area contributed by atoms with Crippen LogP contribution in [0, 0.1) is 5.92 Å². The molecule has 33 heavy (non-hydrogen) atoms. The van der Waals surface area contributed by atoms with Crippen LogP contribution < -0.4 is 15.4 Å². The fourth-order valence-electron chi connectivity index (χ4n) is 3.99. The van der Waals surface area contributed by atoms with Gasteiger partial charge in [-0.3, -0.25) is 9.59 Å². The molecule has 1 saturated heterocycles. The van der Waals surface area contributed by atoms with E-state index in [1.165, 1.54) is 22.0 Å². The Morgan fingerprint density at radius 2 is 1.97 bits per heavy atom. The molecule has 0 radical (unpaired) electrons. The first-order valence-electron chi connectivity index (χ1n) is 10.8. The van der Waals surface area contributed by atoms with Crippen molar-refractivity contribution >= 4 is 44.8 Å². The van der Waals surface area contributed by atoms with Gasteiger partial charge in [0.15, 0.2) is 6.61 Å². The van der Waals surface area contributed by atoms with E-state index in [2.05, 4.69) is 24.5 Å². The minimum Gasteiger partial charge on any atom is -0.482 e. The number of hydrogen-bond donors (Lipinski definition) is 2. The van der Waals surface area contributed by atoms with Crippen molar-refractivity contribution in [2.45, 2.75) is 37.5 Å². The molecule has 0 bridgehead atoms. The van der Waals surface area contributed by atoms with Gasteiger partial charge in [-0.1, -0.05) is 37.6 Å². The molecule has 1 fully saturated rings. The first-order chi connectivity index (χ1) is 15.6. The summed E-state index contributed by atoms with van der Waals surface area (Å²) in [5, 5.41) is 5.49. The molecule has 2 N–H and O–H groups in total. The second-order valence-corrected chi connectivity index (χ2v) is 10.9. The maximum Gasteiger partial charge on any atom is 0.262 e. The molecule has 0 saturated carbocycles. The largest absolute Gasteiger partial charge is 0.482 e. The summed E-state index contributed by atoms with van der Waals surface area (Å²) in [6.07, 6.45) is 1.15. The molecule has 10 heteroatoms. The number of amides is 2. The Labute approximate surface area is 198 Å². The summed E-state index contributed by atoms with van der Waals surface area (Å²) in [6.45, 7) is 4.35. The minimum absolute atomic E-state index is 0.0173. The standard InChI is InChI=1S/C23H26ClN3O5S/c1-14(2)15-5-7-17(8-6-15)25-23(29)16-4-3-9-27(12-16)33(30,31)21-11-20-19(10-18(21)24)26-22(28)13-32-20/h5-8,10-11,14,16H,3-4,9,12-13H2,1-2H3,(H,25,29)(H,26,28). The third kappa shape index (κ3) is 5.00. The lowest BCUT2D eigenvalue weighted by atomic mass is 9.98. The first-order valence-corrected chi connectivity index (χ1v) is 12.6. The van der Waals surface area contributed by atoms with Crippen LogP contribution in [0.1, 0.15) is 38.2 Å². The number of benzene rings is 2. The highest BCUT2D eigenvalue weighted by atomic mass is 35.5. The summed E-state index contributed by atoms with van der Waals surface area (Å²) in [5.74, 6) is -0.393. The van der Waals surface area contributed by atoms with E-state index in [4.69, 9.17) is 16.3 Å².